The van der Waals surface area contributed by atoms with Gasteiger partial charge in [-0.3, -0.25) is 0 Å². The molecule has 0 saturated heterocycles. The van der Waals surface area contributed by atoms with Gasteiger partial charge in [-0.05, 0) is 45.9 Å². The van der Waals surface area contributed by atoms with E-state index in [9.17, 15) is 0 Å². The number of benzene rings is 7. The molecule has 8 aromatic rings. The molecule has 0 unspecified atom stereocenters. The number of hydrogen-bond acceptors (Lipinski definition) is 5. The molecule has 5 nitrogen and oxygen atoms in total. The molecule has 0 saturated carbocycles. The summed E-state index contributed by atoms with van der Waals surface area (Å²) in [5.74, 6) is 2.13. The minimum atomic E-state index is -0.656. The minimum absolute atomic E-state index is 0. The van der Waals surface area contributed by atoms with Crippen LogP contribution < -0.4 is 26.7 Å². The van der Waals surface area contributed by atoms with Crippen LogP contribution in [-0.2, 0) is 31.9 Å². The summed E-state index contributed by atoms with van der Waals surface area (Å²) in [4.78, 5) is 11.7. The summed E-state index contributed by atoms with van der Waals surface area (Å²) in [5.41, 5.74) is 13.4. The smallest absolute Gasteiger partial charge is 0 e. The first-order chi connectivity index (χ1) is 30.0. The van der Waals surface area contributed by atoms with Crippen LogP contribution in [0.15, 0.2) is 170 Å². The molecule has 0 atom stereocenters. The number of hydrogen-bond donors (Lipinski definition) is 0. The molecule has 1 aromatic heterocycles. The molecular formula is C56H47N4OPtTe-3. The first-order valence-electron chi connectivity index (χ1n) is 21.1. The molecule has 10 rings (SSSR count). The predicted octanol–water partition coefficient (Wildman–Crippen LogP) is 13.2. The van der Waals surface area contributed by atoms with Gasteiger partial charge < -0.3 is 0 Å². The van der Waals surface area contributed by atoms with E-state index in [0.717, 1.165) is 51.1 Å². The molecule has 0 bridgehead atoms. The zero-order chi connectivity index (χ0) is 42.6. The third-order valence-corrected chi connectivity index (χ3v) is 14.7. The second-order valence-electron chi connectivity index (χ2n) is 17.9. The van der Waals surface area contributed by atoms with Gasteiger partial charge in [0.2, 0.25) is 0 Å². The monoisotopic (exact) mass is 1120 g/mol. The number of aromatic nitrogens is 1. The van der Waals surface area contributed by atoms with Crippen LogP contribution in [-0.4, -0.2) is 25.9 Å². The van der Waals surface area contributed by atoms with Crippen LogP contribution in [0.3, 0.4) is 0 Å². The van der Waals surface area contributed by atoms with Crippen molar-refractivity contribution in [2.45, 2.75) is 52.4 Å². The molecule has 0 radical (unpaired) electrons. The third-order valence-electron chi connectivity index (χ3n) is 11.5. The first kappa shape index (κ1) is 42.7. The van der Waals surface area contributed by atoms with Crippen molar-refractivity contribution >= 4 is 68.1 Å². The van der Waals surface area contributed by atoms with Crippen LogP contribution in [0, 0.1) is 18.8 Å². The van der Waals surface area contributed by atoms with E-state index in [0.29, 0.717) is 11.5 Å². The summed E-state index contributed by atoms with van der Waals surface area (Å²) in [6.45, 7) is 15.7. The maximum absolute atomic E-state index is 6.70. The van der Waals surface area contributed by atoms with Crippen molar-refractivity contribution in [3.8, 4) is 33.8 Å². The van der Waals surface area contributed by atoms with Crippen LogP contribution in [0.4, 0.5) is 39.9 Å². The normalized spacial score (nSPS) is 13.2. The van der Waals surface area contributed by atoms with Crippen LogP contribution in [0.5, 0.6) is 11.5 Å². The Balaban J connectivity index is 0.00000504. The Bertz CT molecular complexity index is 2880. The second-order valence-corrected chi connectivity index (χ2v) is 21.0. The maximum Gasteiger partial charge on any atom is 0 e. The number of nitrogens with zero attached hydrogens (tertiary/aromatic N) is 4. The number of fused-ring (bicyclic) bond motifs is 3. The van der Waals surface area contributed by atoms with Crippen LogP contribution >= 0.6 is 0 Å². The molecule has 0 amide bonds. The Labute approximate surface area is 396 Å². The largest absolute Gasteiger partial charge is 0 e. The van der Waals surface area contributed by atoms with Crippen molar-refractivity contribution in [1.29, 1.82) is 0 Å². The standard InChI is InChI=1S/C56H47N4OTe.Pt/c1-55(2,3)42-24-26-48-50(33-42)58(37-59(48)45-31-40(38-16-9-7-10-17-38)30-41(32-45)39-18-11-8-12-19-39)44-20-15-21-46(35-44)61-47-25-27-53-51(36-47)60(49-22-13-14-23-52(49)62-53)54-34-43(28-29-57-54)56(4,5)6;/h7-34,37H,1-6H3;/q-3;. The van der Waals surface area contributed by atoms with E-state index in [2.05, 4.69) is 221 Å². The molecule has 7 aromatic carbocycles. The van der Waals surface area contributed by atoms with Gasteiger partial charge in [-0.2, -0.15) is 0 Å². The van der Waals surface area contributed by atoms with Gasteiger partial charge in [0.15, 0.2) is 0 Å². The van der Waals surface area contributed by atoms with Crippen molar-refractivity contribution in [3.63, 3.8) is 0 Å². The van der Waals surface area contributed by atoms with Crippen molar-refractivity contribution in [1.82, 2.24) is 4.98 Å². The average Bonchev–Trinajstić information content (AvgIpc) is 3.68. The summed E-state index contributed by atoms with van der Waals surface area (Å²) in [6, 6.07) is 65.7. The number of rotatable bonds is 7. The van der Waals surface area contributed by atoms with E-state index in [4.69, 9.17) is 9.72 Å². The first-order valence-corrected chi connectivity index (χ1v) is 23.4. The molecule has 7 heteroatoms. The number of anilines is 7. The summed E-state index contributed by atoms with van der Waals surface area (Å²) in [7, 11) is 0. The third kappa shape index (κ3) is 8.58. The number of para-hydroxylation sites is 1. The molecule has 0 aliphatic carbocycles. The SMILES string of the molecule is CC(C)(C)c1ccnc(N2c3[c-]c(Oc4[c-]c(N5[CH-]N(c6cc(-c7ccccc7)cc(-c7ccccc7)c6)c6ccc(C(C)(C)C)cc65)ccc4)ccc3[Te]c3ccccc32)c1.[Pt]. The Kier molecular flexibility index (Phi) is 11.6. The quantitative estimate of drug-likeness (QED) is 0.117. The summed E-state index contributed by atoms with van der Waals surface area (Å²) in [5, 5.41) is 0. The average molecular weight is 1110 g/mol. The Morgan fingerprint density at radius 2 is 1.17 bits per heavy atom. The van der Waals surface area contributed by atoms with Crippen molar-refractivity contribution < 1.29 is 25.8 Å². The summed E-state index contributed by atoms with van der Waals surface area (Å²) < 4.78 is 9.38. The van der Waals surface area contributed by atoms with Gasteiger partial charge in [0.1, 0.15) is 0 Å². The maximum atomic E-state index is 6.70. The Morgan fingerprint density at radius 1 is 0.524 bits per heavy atom. The number of pyridine rings is 1. The molecule has 3 heterocycles. The van der Waals surface area contributed by atoms with Crippen LogP contribution in [0.25, 0.3) is 22.3 Å². The zero-order valence-electron chi connectivity index (χ0n) is 36.2. The van der Waals surface area contributed by atoms with E-state index in [1.54, 1.807) is 0 Å². The summed E-state index contributed by atoms with van der Waals surface area (Å²) in [6.07, 6.45) is 1.92. The van der Waals surface area contributed by atoms with Crippen LogP contribution in [0.2, 0.25) is 0 Å². The van der Waals surface area contributed by atoms with Gasteiger partial charge in [0, 0.05) is 21.1 Å². The summed E-state index contributed by atoms with van der Waals surface area (Å²) >= 11 is -0.656. The van der Waals surface area contributed by atoms with Gasteiger partial charge in [-0.25, -0.2) is 0 Å². The van der Waals surface area contributed by atoms with E-state index < -0.39 is 20.9 Å². The van der Waals surface area contributed by atoms with E-state index in [1.807, 2.05) is 24.4 Å². The molecule has 2 aliphatic heterocycles. The topological polar surface area (TPSA) is 31.8 Å². The van der Waals surface area contributed by atoms with Crippen molar-refractivity contribution in [2.24, 2.45) is 0 Å². The Morgan fingerprint density at radius 3 is 1.87 bits per heavy atom. The van der Waals surface area contributed by atoms with E-state index in [1.165, 1.54) is 29.5 Å². The van der Waals surface area contributed by atoms with E-state index >= 15 is 0 Å². The van der Waals surface area contributed by atoms with Gasteiger partial charge in [-0.15, -0.1) is 0 Å². The minimum Gasteiger partial charge on any atom is 0 e. The molecule has 0 spiro atoms. The fourth-order valence-corrected chi connectivity index (χ4v) is 11.0. The number of ether oxygens (including phenoxy) is 1. The zero-order valence-corrected chi connectivity index (χ0v) is 40.8. The molecule has 316 valence electrons. The fraction of sp³-hybridized carbons (Fsp3) is 0.143. The Hall–Kier alpha value is -5.63. The van der Waals surface area contributed by atoms with Crippen molar-refractivity contribution in [2.75, 3.05) is 14.7 Å². The van der Waals surface area contributed by atoms with Gasteiger partial charge >= 0.3 is 245 Å². The van der Waals surface area contributed by atoms with Gasteiger partial charge in [0.25, 0.3) is 0 Å². The fourth-order valence-electron chi connectivity index (χ4n) is 8.09. The molecule has 0 fully saturated rings. The molecule has 0 N–H and O–H groups in total. The molecular weight excluding hydrogens is 1070 g/mol. The van der Waals surface area contributed by atoms with Gasteiger partial charge in [-0.1, -0.05) is 87.5 Å². The molecule has 63 heavy (non-hydrogen) atoms. The molecule has 2 aliphatic rings. The van der Waals surface area contributed by atoms with Gasteiger partial charge in [0.05, 0.1) is 0 Å². The second kappa shape index (κ2) is 17.2. The van der Waals surface area contributed by atoms with Crippen LogP contribution in [0.1, 0.15) is 52.7 Å². The van der Waals surface area contributed by atoms with E-state index in [-0.39, 0.29) is 31.9 Å². The predicted molar refractivity (Wildman–Crippen MR) is 258 cm³/mol. The van der Waals surface area contributed by atoms with Crippen molar-refractivity contribution in [3.05, 3.63) is 200 Å².